The van der Waals surface area contributed by atoms with E-state index in [0.717, 1.165) is 117 Å². The molecule has 0 atom stereocenters. The molecular formula is C120H69N9O3S3. The molecule has 0 radical (unpaired) electrons. The molecule has 135 heavy (non-hydrogen) atoms. The Hall–Kier alpha value is -17.3. The summed E-state index contributed by atoms with van der Waals surface area (Å²) in [6, 6.07) is 147. The first kappa shape index (κ1) is 76.5. The van der Waals surface area contributed by atoms with Gasteiger partial charge in [0.05, 0.1) is 37.8 Å². The molecule has 0 fully saturated rings. The average molecular weight is 1780 g/mol. The highest BCUT2D eigenvalue weighted by molar-refractivity contribution is 7.27. The van der Waals surface area contributed by atoms with Gasteiger partial charge in [0.15, 0.2) is 34.2 Å². The number of para-hydroxylation sites is 3. The summed E-state index contributed by atoms with van der Waals surface area (Å²) in [6.45, 7) is 0. The Kier molecular flexibility index (Phi) is 17.4. The van der Waals surface area contributed by atoms with Crippen molar-refractivity contribution >= 4 is 226 Å². The minimum Gasteiger partial charge on any atom is -0.452 e. The lowest BCUT2D eigenvalue weighted by Gasteiger charge is -2.09. The molecule has 0 aliphatic carbocycles. The molecule has 12 aromatic heterocycles. The highest BCUT2D eigenvalue weighted by atomic mass is 32.1. The molecule has 630 valence electrons. The van der Waals surface area contributed by atoms with Gasteiger partial charge in [-0.3, -0.25) is 0 Å². The van der Waals surface area contributed by atoms with Crippen LogP contribution in [0.2, 0.25) is 0 Å². The van der Waals surface area contributed by atoms with Crippen LogP contribution in [0.4, 0.5) is 0 Å². The van der Waals surface area contributed by atoms with Crippen molar-refractivity contribution in [3.8, 4) is 85.0 Å². The van der Waals surface area contributed by atoms with E-state index in [2.05, 4.69) is 287 Å². The fourth-order valence-corrected chi connectivity index (χ4v) is 23.8. The molecule has 18 aromatic carbocycles. The first-order chi connectivity index (χ1) is 66.9. The molecule has 0 amide bonds. The SMILES string of the molecule is c1ccc(-c2nc(-c3ccccc3)c3oc4cc(-n5c6ccccc6c6cc7c(cc65)sc5ccccc57)ccc4c3n2)cc1.c1ccc(-c2nc(-c3ccccc3)c3oc4cc(-n5c6ccccc6c6ccc7c8ccccc8sc7c65)ccc4c3n2)cc1.c1ccc(-c2nc(-c3ccccc3)c3oc4cc(-n5c6ccccc6c6ccc7sc8ccccc8c7c65)ccc4c3n2)cc1. The van der Waals surface area contributed by atoms with E-state index in [4.69, 9.17) is 43.2 Å². The normalized spacial score (nSPS) is 12.0. The summed E-state index contributed by atoms with van der Waals surface area (Å²) in [4.78, 5) is 30.3. The quantitative estimate of drug-likeness (QED) is 0.139. The van der Waals surface area contributed by atoms with Gasteiger partial charge >= 0.3 is 0 Å². The molecule has 0 N–H and O–H groups in total. The van der Waals surface area contributed by atoms with Crippen LogP contribution >= 0.6 is 34.0 Å². The summed E-state index contributed by atoms with van der Waals surface area (Å²) in [6.07, 6.45) is 0. The zero-order chi connectivity index (χ0) is 88.5. The van der Waals surface area contributed by atoms with Gasteiger partial charge in [-0.1, -0.05) is 309 Å². The molecule has 0 bridgehead atoms. The summed E-state index contributed by atoms with van der Waals surface area (Å²) in [5.41, 5.74) is 25.5. The third-order valence-electron chi connectivity index (χ3n) is 26.4. The molecular weight excluding hydrogens is 1710 g/mol. The van der Waals surface area contributed by atoms with Crippen molar-refractivity contribution in [1.82, 2.24) is 43.6 Å². The molecule has 0 spiro atoms. The van der Waals surface area contributed by atoms with E-state index in [1.54, 1.807) is 0 Å². The summed E-state index contributed by atoms with van der Waals surface area (Å²) in [5.74, 6) is 2.05. The fraction of sp³-hybridized carbons (Fsp3) is 0. The molecule has 30 rings (SSSR count). The van der Waals surface area contributed by atoms with Crippen molar-refractivity contribution in [2.24, 2.45) is 0 Å². The number of furan rings is 3. The zero-order valence-electron chi connectivity index (χ0n) is 71.8. The average Bonchev–Trinajstić information content (AvgIpc) is 1.56. The van der Waals surface area contributed by atoms with Crippen molar-refractivity contribution in [2.45, 2.75) is 0 Å². The van der Waals surface area contributed by atoms with Crippen LogP contribution in [-0.2, 0) is 0 Å². The molecule has 0 saturated heterocycles. The lowest BCUT2D eigenvalue weighted by Crippen LogP contribution is -1.94. The standard InChI is InChI=1S/3C40H23N3OS/c1-3-11-24(12-4-1)37-39-38(42-40(41-37)25-13-5-2-6-14-25)29-20-19-26(21-34(29)44-39)43-32-17-9-7-15-27(32)30-22-31-28-16-8-10-18-35(28)45-36(31)23-33(30)43;1-3-11-24(12-4-1)36-39-37(42-40(41-36)25-13-5-2-6-14-25)29-20-19-26(23-32(29)44-39)43-31-17-9-7-15-27(31)28-21-22-34-35(38(28)43)30-16-8-10-18-33(30)45-34;1-3-11-24(12-4-1)35-38-36(42-40(41-35)25-13-5-2-6-14-25)31-20-19-26(23-33(31)44-38)43-32-17-9-7-15-27(32)29-21-22-30-28-16-8-10-18-34(28)45-39(30)37(29)43/h3*1-23H. The van der Waals surface area contributed by atoms with Gasteiger partial charge < -0.3 is 27.0 Å². The van der Waals surface area contributed by atoms with Gasteiger partial charge in [0.1, 0.15) is 50.4 Å². The lowest BCUT2D eigenvalue weighted by molar-refractivity contribution is 0.666. The molecule has 12 heterocycles. The molecule has 12 nitrogen and oxygen atoms in total. The first-order valence-electron chi connectivity index (χ1n) is 45.0. The Morgan fingerprint density at radius 2 is 0.519 bits per heavy atom. The Balaban J connectivity index is 0.000000101. The van der Waals surface area contributed by atoms with E-state index >= 15 is 0 Å². The van der Waals surface area contributed by atoms with Crippen molar-refractivity contribution in [3.05, 3.63) is 419 Å². The maximum absolute atomic E-state index is 6.70. The Morgan fingerprint density at radius 3 is 0.978 bits per heavy atom. The summed E-state index contributed by atoms with van der Waals surface area (Å²) >= 11 is 5.55. The third kappa shape index (κ3) is 12.3. The Morgan fingerprint density at radius 1 is 0.193 bits per heavy atom. The number of aromatic nitrogens is 9. The van der Waals surface area contributed by atoms with Crippen molar-refractivity contribution in [2.75, 3.05) is 0 Å². The Labute approximate surface area is 780 Å². The van der Waals surface area contributed by atoms with Gasteiger partial charge in [-0.25, -0.2) is 29.9 Å². The van der Waals surface area contributed by atoms with Gasteiger partial charge in [-0.05, 0) is 91.0 Å². The van der Waals surface area contributed by atoms with E-state index in [-0.39, 0.29) is 0 Å². The second kappa shape index (κ2) is 30.6. The second-order valence-electron chi connectivity index (χ2n) is 34.2. The van der Waals surface area contributed by atoms with Gasteiger partial charge in [0.2, 0.25) is 0 Å². The molecule has 15 heteroatoms. The summed E-state index contributed by atoms with van der Waals surface area (Å²) in [7, 11) is 0. The minimum atomic E-state index is 0.683. The zero-order valence-corrected chi connectivity index (χ0v) is 74.3. The smallest absolute Gasteiger partial charge is 0.180 e. The van der Waals surface area contributed by atoms with Crippen LogP contribution < -0.4 is 0 Å². The van der Waals surface area contributed by atoms with E-state index in [1.165, 1.54) is 126 Å². The molecule has 0 saturated carbocycles. The third-order valence-corrected chi connectivity index (χ3v) is 29.9. The van der Waals surface area contributed by atoms with Crippen molar-refractivity contribution in [1.29, 1.82) is 0 Å². The number of rotatable bonds is 9. The minimum absolute atomic E-state index is 0.683. The van der Waals surface area contributed by atoms with E-state index in [0.29, 0.717) is 34.2 Å². The van der Waals surface area contributed by atoms with Crippen LogP contribution in [0.3, 0.4) is 0 Å². The van der Waals surface area contributed by atoms with Crippen LogP contribution in [0.5, 0.6) is 0 Å². The highest BCUT2D eigenvalue weighted by Gasteiger charge is 2.28. The van der Waals surface area contributed by atoms with E-state index in [9.17, 15) is 0 Å². The molecule has 0 aliphatic heterocycles. The largest absolute Gasteiger partial charge is 0.452 e. The maximum Gasteiger partial charge on any atom is 0.180 e. The fourth-order valence-electron chi connectivity index (χ4n) is 20.3. The van der Waals surface area contributed by atoms with Crippen LogP contribution in [0.1, 0.15) is 0 Å². The number of thiophene rings is 3. The predicted molar refractivity (Wildman–Crippen MR) is 562 cm³/mol. The number of nitrogens with zero attached hydrogens (tertiary/aromatic N) is 9. The number of hydrogen-bond donors (Lipinski definition) is 0. The van der Waals surface area contributed by atoms with Crippen molar-refractivity contribution < 1.29 is 13.3 Å². The lowest BCUT2D eigenvalue weighted by atomic mass is 10.1. The Bertz CT molecular complexity index is 10100. The monoisotopic (exact) mass is 1780 g/mol. The van der Waals surface area contributed by atoms with Crippen LogP contribution in [-0.4, -0.2) is 43.6 Å². The van der Waals surface area contributed by atoms with E-state index in [1.807, 2.05) is 180 Å². The van der Waals surface area contributed by atoms with Gasteiger partial charge in [-0.2, -0.15) is 0 Å². The van der Waals surface area contributed by atoms with Crippen LogP contribution in [0, 0.1) is 0 Å². The number of benzene rings is 18. The highest BCUT2D eigenvalue weighted by Crippen LogP contribution is 2.50. The van der Waals surface area contributed by atoms with Gasteiger partial charge in [0, 0.05) is 173 Å². The number of fused-ring (bicyclic) bond motifs is 29. The molecule has 30 aromatic rings. The van der Waals surface area contributed by atoms with Gasteiger partial charge in [0.25, 0.3) is 0 Å². The topological polar surface area (TPSA) is 132 Å². The van der Waals surface area contributed by atoms with Crippen LogP contribution in [0.25, 0.3) is 277 Å². The summed E-state index contributed by atoms with van der Waals surface area (Å²) < 4.78 is 35.0. The number of hydrogen-bond acceptors (Lipinski definition) is 12. The summed E-state index contributed by atoms with van der Waals surface area (Å²) in [5, 5.41) is 18.1. The predicted octanol–water partition coefficient (Wildman–Crippen LogP) is 33.5. The second-order valence-corrected chi connectivity index (χ2v) is 37.4. The van der Waals surface area contributed by atoms with Crippen molar-refractivity contribution in [3.63, 3.8) is 0 Å². The first-order valence-corrected chi connectivity index (χ1v) is 47.5. The molecule has 0 aliphatic rings. The van der Waals surface area contributed by atoms with E-state index < -0.39 is 0 Å². The molecule has 0 unspecified atom stereocenters. The maximum atomic E-state index is 6.70. The van der Waals surface area contributed by atoms with Crippen LogP contribution in [0.15, 0.2) is 432 Å². The van der Waals surface area contributed by atoms with Gasteiger partial charge in [-0.15, -0.1) is 34.0 Å².